The molecule has 2 aromatic rings. The summed E-state index contributed by atoms with van der Waals surface area (Å²) in [5.41, 5.74) is 2.12. The number of carbonyl (C=O) groups excluding carboxylic acids is 3. The molecule has 0 saturated carbocycles. The van der Waals surface area contributed by atoms with Crippen LogP contribution in [0.3, 0.4) is 0 Å². The molecule has 0 radical (unpaired) electrons. The van der Waals surface area contributed by atoms with Crippen molar-refractivity contribution in [3.8, 4) is 5.75 Å². The smallest absolute Gasteiger partial charge is 0.262 e. The zero-order valence-electron chi connectivity index (χ0n) is 18.5. The zero-order chi connectivity index (χ0) is 23.3. The lowest BCUT2D eigenvalue weighted by molar-refractivity contribution is -0.126. The van der Waals surface area contributed by atoms with Gasteiger partial charge in [0.25, 0.3) is 5.91 Å². The van der Waals surface area contributed by atoms with Crippen LogP contribution in [0.25, 0.3) is 0 Å². The number of nitrogens with one attached hydrogen (secondary N) is 2. The molecule has 3 rings (SSSR count). The van der Waals surface area contributed by atoms with Gasteiger partial charge in [-0.15, -0.1) is 0 Å². The Kier molecular flexibility index (Phi) is 7.75. The van der Waals surface area contributed by atoms with Gasteiger partial charge in [-0.25, -0.2) is 0 Å². The maximum Gasteiger partial charge on any atom is 0.262 e. The van der Waals surface area contributed by atoms with E-state index in [4.69, 9.17) is 16.3 Å². The van der Waals surface area contributed by atoms with E-state index in [1.807, 2.05) is 20.8 Å². The van der Waals surface area contributed by atoms with E-state index >= 15 is 0 Å². The Labute approximate surface area is 193 Å². The summed E-state index contributed by atoms with van der Waals surface area (Å²) in [4.78, 5) is 38.5. The molecule has 32 heavy (non-hydrogen) atoms. The van der Waals surface area contributed by atoms with Crippen LogP contribution in [-0.4, -0.2) is 37.4 Å². The minimum atomic E-state index is -0.351. The number of benzene rings is 2. The van der Waals surface area contributed by atoms with Crippen molar-refractivity contribution in [2.45, 2.75) is 27.2 Å². The van der Waals surface area contributed by atoms with Gasteiger partial charge >= 0.3 is 0 Å². The van der Waals surface area contributed by atoms with Crippen LogP contribution in [0.1, 0.15) is 25.8 Å². The van der Waals surface area contributed by atoms with E-state index in [1.165, 1.54) is 0 Å². The molecule has 1 saturated heterocycles. The molecule has 0 spiro atoms. The number of anilines is 2. The lowest BCUT2D eigenvalue weighted by Crippen LogP contribution is -2.35. The Hall–Kier alpha value is -3.06. The molecule has 2 N–H and O–H groups in total. The second kappa shape index (κ2) is 10.5. The van der Waals surface area contributed by atoms with E-state index in [0.717, 1.165) is 5.56 Å². The van der Waals surface area contributed by atoms with Crippen LogP contribution in [0.4, 0.5) is 11.4 Å². The molecule has 1 heterocycles. The molecular formula is C24H28ClN3O4. The van der Waals surface area contributed by atoms with E-state index in [9.17, 15) is 14.4 Å². The number of amides is 3. The Balaban J connectivity index is 1.52. The highest BCUT2D eigenvalue weighted by Crippen LogP contribution is 2.27. The fraction of sp³-hybridized carbons (Fsp3) is 0.375. The van der Waals surface area contributed by atoms with Gasteiger partial charge in [-0.1, -0.05) is 31.5 Å². The SMILES string of the molecule is Cc1c(Cl)cccc1NC(=O)COc1ccc(N2C[C@@H](C(=O)NCC(C)C)CC2=O)cc1. The van der Waals surface area contributed by atoms with Crippen LogP contribution in [0.5, 0.6) is 5.75 Å². The molecular weight excluding hydrogens is 430 g/mol. The molecule has 8 heteroatoms. The van der Waals surface area contributed by atoms with Gasteiger partial charge in [0, 0.05) is 35.9 Å². The number of carbonyl (C=O) groups is 3. The van der Waals surface area contributed by atoms with Crippen molar-refractivity contribution >= 4 is 40.7 Å². The first kappa shape index (κ1) is 23.6. The summed E-state index contributed by atoms with van der Waals surface area (Å²) >= 11 is 6.07. The third kappa shape index (κ3) is 6.01. The Morgan fingerprint density at radius 3 is 2.59 bits per heavy atom. The quantitative estimate of drug-likeness (QED) is 0.631. The summed E-state index contributed by atoms with van der Waals surface area (Å²) in [7, 11) is 0. The first-order valence-corrected chi connectivity index (χ1v) is 11.0. The average Bonchev–Trinajstić information content (AvgIpc) is 3.16. The third-order valence-electron chi connectivity index (χ3n) is 5.24. The van der Waals surface area contributed by atoms with Gasteiger partial charge in [-0.05, 0) is 54.8 Å². The first-order chi connectivity index (χ1) is 15.2. The lowest BCUT2D eigenvalue weighted by Gasteiger charge is -2.17. The summed E-state index contributed by atoms with van der Waals surface area (Å²) in [5, 5.41) is 6.25. The summed E-state index contributed by atoms with van der Waals surface area (Å²) in [6.07, 6.45) is 0.200. The summed E-state index contributed by atoms with van der Waals surface area (Å²) in [6, 6.07) is 12.2. The van der Waals surface area contributed by atoms with Crippen LogP contribution in [-0.2, 0) is 14.4 Å². The van der Waals surface area contributed by atoms with Gasteiger partial charge in [0.15, 0.2) is 6.61 Å². The monoisotopic (exact) mass is 457 g/mol. The summed E-state index contributed by atoms with van der Waals surface area (Å²) < 4.78 is 5.56. The van der Waals surface area contributed by atoms with Crippen molar-refractivity contribution in [1.29, 1.82) is 0 Å². The highest BCUT2D eigenvalue weighted by molar-refractivity contribution is 6.31. The fourth-order valence-electron chi connectivity index (χ4n) is 3.38. The minimum Gasteiger partial charge on any atom is -0.484 e. The largest absolute Gasteiger partial charge is 0.484 e. The van der Waals surface area contributed by atoms with Crippen molar-refractivity contribution in [2.75, 3.05) is 29.9 Å². The molecule has 1 aliphatic rings. The van der Waals surface area contributed by atoms with Crippen LogP contribution in [0, 0.1) is 18.8 Å². The number of halogens is 1. The fourth-order valence-corrected chi connectivity index (χ4v) is 3.56. The van der Waals surface area contributed by atoms with Crippen molar-refractivity contribution in [3.05, 3.63) is 53.1 Å². The van der Waals surface area contributed by atoms with Crippen LogP contribution in [0.2, 0.25) is 5.02 Å². The Bertz CT molecular complexity index is 991. The normalized spacial score (nSPS) is 15.7. The zero-order valence-corrected chi connectivity index (χ0v) is 19.2. The number of rotatable bonds is 8. The van der Waals surface area contributed by atoms with Gasteiger partial charge in [0.05, 0.1) is 5.92 Å². The van der Waals surface area contributed by atoms with Gasteiger partial charge in [0.2, 0.25) is 11.8 Å². The molecule has 0 aromatic heterocycles. The molecule has 170 valence electrons. The van der Waals surface area contributed by atoms with E-state index in [-0.39, 0.29) is 36.7 Å². The van der Waals surface area contributed by atoms with Crippen molar-refractivity contribution in [2.24, 2.45) is 11.8 Å². The van der Waals surface area contributed by atoms with E-state index in [0.29, 0.717) is 41.2 Å². The molecule has 3 amide bonds. The van der Waals surface area contributed by atoms with E-state index in [1.54, 1.807) is 47.4 Å². The summed E-state index contributed by atoms with van der Waals surface area (Å²) in [6.45, 7) is 6.67. The lowest BCUT2D eigenvalue weighted by atomic mass is 10.1. The standard InChI is InChI=1S/C24H28ClN3O4/c1-15(2)12-26-24(31)17-11-23(30)28(13-17)18-7-9-19(10-8-18)32-14-22(29)27-21-6-4-5-20(25)16(21)3/h4-10,15,17H,11-14H2,1-3H3,(H,26,31)(H,27,29)/t17-/m0/s1. The highest BCUT2D eigenvalue weighted by atomic mass is 35.5. The number of nitrogens with zero attached hydrogens (tertiary/aromatic N) is 1. The molecule has 0 bridgehead atoms. The van der Waals surface area contributed by atoms with Gasteiger partial charge in [-0.3, -0.25) is 14.4 Å². The molecule has 2 aromatic carbocycles. The Morgan fingerprint density at radius 1 is 1.19 bits per heavy atom. The first-order valence-electron chi connectivity index (χ1n) is 10.6. The molecule has 1 atom stereocenters. The minimum absolute atomic E-state index is 0.0837. The van der Waals surface area contributed by atoms with E-state index < -0.39 is 0 Å². The average molecular weight is 458 g/mol. The molecule has 0 unspecified atom stereocenters. The number of hydrogen-bond acceptors (Lipinski definition) is 4. The van der Waals surface area contributed by atoms with E-state index in [2.05, 4.69) is 10.6 Å². The predicted molar refractivity (Wildman–Crippen MR) is 125 cm³/mol. The highest BCUT2D eigenvalue weighted by Gasteiger charge is 2.35. The Morgan fingerprint density at radius 2 is 1.91 bits per heavy atom. The topological polar surface area (TPSA) is 87.7 Å². The van der Waals surface area contributed by atoms with Crippen molar-refractivity contribution in [3.63, 3.8) is 0 Å². The van der Waals surface area contributed by atoms with Crippen LogP contribution in [0.15, 0.2) is 42.5 Å². The second-order valence-electron chi connectivity index (χ2n) is 8.29. The molecule has 0 aliphatic carbocycles. The second-order valence-corrected chi connectivity index (χ2v) is 8.69. The van der Waals surface area contributed by atoms with Crippen LogP contribution >= 0.6 is 11.6 Å². The number of ether oxygens (including phenoxy) is 1. The van der Waals surface area contributed by atoms with Gasteiger partial charge < -0.3 is 20.3 Å². The van der Waals surface area contributed by atoms with Crippen molar-refractivity contribution in [1.82, 2.24) is 5.32 Å². The summed E-state index contributed by atoms with van der Waals surface area (Å²) in [5.74, 6) is 0.0382. The number of hydrogen-bond donors (Lipinski definition) is 2. The predicted octanol–water partition coefficient (Wildman–Crippen LogP) is 3.79. The van der Waals surface area contributed by atoms with Crippen LogP contribution < -0.4 is 20.3 Å². The van der Waals surface area contributed by atoms with Crippen molar-refractivity contribution < 1.29 is 19.1 Å². The third-order valence-corrected chi connectivity index (χ3v) is 5.65. The van der Waals surface area contributed by atoms with Gasteiger partial charge in [0.1, 0.15) is 5.75 Å². The molecule has 1 aliphatic heterocycles. The maximum absolute atomic E-state index is 12.4. The molecule has 7 nitrogen and oxygen atoms in total. The molecule has 1 fully saturated rings. The maximum atomic E-state index is 12.4. The van der Waals surface area contributed by atoms with Gasteiger partial charge in [-0.2, -0.15) is 0 Å².